The summed E-state index contributed by atoms with van der Waals surface area (Å²) >= 11 is 0. The minimum atomic E-state index is -3.65. The Morgan fingerprint density at radius 1 is 1.39 bits per heavy atom. The van der Waals surface area contributed by atoms with Crippen LogP contribution in [-0.4, -0.2) is 31.4 Å². The topological polar surface area (TPSA) is 52.6 Å². The van der Waals surface area contributed by atoms with Gasteiger partial charge in [0.15, 0.2) is 5.78 Å². The van der Waals surface area contributed by atoms with Gasteiger partial charge in [-0.25, -0.2) is 4.79 Å². The van der Waals surface area contributed by atoms with Gasteiger partial charge in [-0.3, -0.25) is 4.79 Å². The van der Waals surface area contributed by atoms with Crippen LogP contribution in [-0.2, 0) is 16.0 Å². The van der Waals surface area contributed by atoms with E-state index in [1.54, 1.807) is 18.2 Å². The summed E-state index contributed by atoms with van der Waals surface area (Å²) in [5, 5.41) is 0. The van der Waals surface area contributed by atoms with Gasteiger partial charge in [-0.05, 0) is 49.9 Å². The number of rotatable bonds is 5. The van der Waals surface area contributed by atoms with Crippen LogP contribution in [0.25, 0.3) is 0 Å². The fourth-order valence-electron chi connectivity index (χ4n) is 2.86. The number of alkyl halides is 2. The van der Waals surface area contributed by atoms with E-state index in [9.17, 15) is 18.4 Å². The summed E-state index contributed by atoms with van der Waals surface area (Å²) in [6, 6.07) is 5.01. The van der Waals surface area contributed by atoms with E-state index in [1.807, 2.05) is 0 Å². The lowest BCUT2D eigenvalue weighted by Crippen LogP contribution is -2.35. The van der Waals surface area contributed by atoms with E-state index in [4.69, 9.17) is 4.74 Å². The fourth-order valence-corrected chi connectivity index (χ4v) is 2.86. The number of ketones is 1. The molecule has 0 aromatic heterocycles. The maximum Gasteiger partial charge on any atom is 0.376 e. The van der Waals surface area contributed by atoms with E-state index < -0.39 is 24.2 Å². The van der Waals surface area contributed by atoms with E-state index in [2.05, 4.69) is 4.74 Å². The highest BCUT2D eigenvalue weighted by Crippen LogP contribution is 2.34. The zero-order chi connectivity index (χ0) is 17.0. The number of hydrogen-bond acceptors (Lipinski definition) is 4. The van der Waals surface area contributed by atoms with Crippen molar-refractivity contribution in [2.75, 3.05) is 13.7 Å². The molecule has 2 rings (SSSR count). The number of methoxy groups -OCH3 is 1. The molecule has 0 saturated carbocycles. The average Bonchev–Trinajstić information content (AvgIpc) is 2.67. The first-order chi connectivity index (χ1) is 10.9. The molecule has 0 amide bonds. The number of hydrogen-bond donors (Lipinski definition) is 0. The fraction of sp³-hybridized carbons (Fsp3) is 0.529. The second kappa shape index (κ2) is 7.06. The van der Waals surface area contributed by atoms with Gasteiger partial charge in [-0.1, -0.05) is 0 Å². The Morgan fingerprint density at radius 3 is 2.78 bits per heavy atom. The molecule has 1 aromatic carbocycles. The van der Waals surface area contributed by atoms with Gasteiger partial charge in [-0.15, -0.1) is 0 Å². The van der Waals surface area contributed by atoms with Crippen LogP contribution in [0.4, 0.5) is 8.78 Å². The highest BCUT2D eigenvalue weighted by molar-refractivity contribution is 6.00. The number of fused-ring (bicyclic) bond motifs is 1. The van der Waals surface area contributed by atoms with Crippen molar-refractivity contribution >= 4 is 11.8 Å². The van der Waals surface area contributed by atoms with Crippen LogP contribution < -0.4 is 4.74 Å². The Balaban J connectivity index is 2.21. The minimum Gasteiger partial charge on any atom is -0.497 e. The van der Waals surface area contributed by atoms with Crippen molar-refractivity contribution in [2.45, 2.75) is 38.5 Å². The van der Waals surface area contributed by atoms with Gasteiger partial charge in [0.05, 0.1) is 13.7 Å². The molecule has 4 nitrogen and oxygen atoms in total. The molecule has 0 aliphatic heterocycles. The van der Waals surface area contributed by atoms with Gasteiger partial charge in [0.25, 0.3) is 0 Å². The van der Waals surface area contributed by atoms with Crippen LogP contribution in [0.2, 0.25) is 0 Å². The molecule has 126 valence electrons. The Labute approximate surface area is 133 Å². The van der Waals surface area contributed by atoms with Gasteiger partial charge < -0.3 is 9.47 Å². The van der Waals surface area contributed by atoms with Gasteiger partial charge in [-0.2, -0.15) is 8.78 Å². The van der Waals surface area contributed by atoms with Gasteiger partial charge in [0.1, 0.15) is 5.75 Å². The summed E-state index contributed by atoms with van der Waals surface area (Å²) in [5.74, 6) is -5.81. The third-order valence-electron chi connectivity index (χ3n) is 4.02. The molecule has 0 N–H and O–H groups in total. The third kappa shape index (κ3) is 3.86. The highest BCUT2D eigenvalue weighted by Gasteiger charge is 2.44. The Hall–Kier alpha value is -1.98. The molecule has 1 aliphatic carbocycles. The van der Waals surface area contributed by atoms with Crippen LogP contribution in [0.5, 0.6) is 5.75 Å². The lowest BCUT2D eigenvalue weighted by molar-refractivity contribution is -0.173. The summed E-state index contributed by atoms with van der Waals surface area (Å²) in [4.78, 5) is 23.9. The molecule has 1 atom stereocenters. The van der Waals surface area contributed by atoms with E-state index in [0.29, 0.717) is 30.6 Å². The van der Waals surface area contributed by atoms with E-state index in [0.717, 1.165) is 5.56 Å². The monoisotopic (exact) mass is 326 g/mol. The molecule has 1 aromatic rings. The number of aryl methyl sites for hydroxylation is 1. The number of ether oxygens (including phenoxy) is 2. The number of carbonyl (C=O) groups is 2. The van der Waals surface area contributed by atoms with Crippen LogP contribution in [0.3, 0.4) is 0 Å². The third-order valence-corrected chi connectivity index (χ3v) is 4.02. The predicted octanol–water partition coefficient (Wildman–Crippen LogP) is 3.42. The second-order valence-corrected chi connectivity index (χ2v) is 5.61. The second-order valence-electron chi connectivity index (χ2n) is 5.61. The maximum absolute atomic E-state index is 13.9. The SMILES string of the molecule is CCOC(=O)C(F)(F)CC1CCCc2cc(OC)ccc2C1=O. The van der Waals surface area contributed by atoms with Crippen molar-refractivity contribution in [3.8, 4) is 5.75 Å². The first-order valence-corrected chi connectivity index (χ1v) is 7.65. The number of carbonyl (C=O) groups excluding carboxylic acids is 2. The van der Waals surface area contributed by atoms with Crippen molar-refractivity contribution in [3.05, 3.63) is 29.3 Å². The largest absolute Gasteiger partial charge is 0.497 e. The maximum atomic E-state index is 13.9. The van der Waals surface area contributed by atoms with Crippen LogP contribution in [0.15, 0.2) is 18.2 Å². The number of Topliss-reactive ketones (excluding diaryl/α,β-unsaturated/α-hetero) is 1. The lowest BCUT2D eigenvalue weighted by atomic mass is 9.89. The average molecular weight is 326 g/mol. The standard InChI is InChI=1S/C17H20F2O4/c1-3-23-16(21)17(18,19)10-12-6-4-5-11-9-13(22-2)7-8-14(11)15(12)20/h7-9,12H,3-6,10H2,1-2H3. The Bertz CT molecular complexity index is 598. The van der Waals surface area contributed by atoms with Crippen molar-refractivity contribution in [1.82, 2.24) is 0 Å². The smallest absolute Gasteiger partial charge is 0.376 e. The van der Waals surface area contributed by atoms with Crippen molar-refractivity contribution in [2.24, 2.45) is 5.92 Å². The van der Waals surface area contributed by atoms with Crippen LogP contribution in [0.1, 0.15) is 42.1 Å². The molecule has 1 aliphatic rings. The summed E-state index contributed by atoms with van der Waals surface area (Å²) in [7, 11) is 1.53. The lowest BCUT2D eigenvalue weighted by Gasteiger charge is -2.20. The van der Waals surface area contributed by atoms with Crippen LogP contribution in [0, 0.1) is 5.92 Å². The number of halogens is 2. The molecular formula is C17H20F2O4. The summed E-state index contributed by atoms with van der Waals surface area (Å²) in [6.45, 7) is 1.35. The predicted molar refractivity (Wildman–Crippen MR) is 79.9 cm³/mol. The summed E-state index contributed by atoms with van der Waals surface area (Å²) in [6.07, 6.45) is 0.746. The zero-order valence-corrected chi connectivity index (χ0v) is 13.2. The van der Waals surface area contributed by atoms with Gasteiger partial charge in [0.2, 0.25) is 0 Å². The van der Waals surface area contributed by atoms with Crippen molar-refractivity contribution in [1.29, 1.82) is 0 Å². The van der Waals surface area contributed by atoms with Gasteiger partial charge in [0, 0.05) is 17.9 Å². The quantitative estimate of drug-likeness (QED) is 0.614. The first kappa shape index (κ1) is 17.4. The molecule has 0 heterocycles. The number of esters is 1. The first-order valence-electron chi connectivity index (χ1n) is 7.65. The zero-order valence-electron chi connectivity index (χ0n) is 13.2. The van der Waals surface area contributed by atoms with Gasteiger partial charge >= 0.3 is 11.9 Å². The minimum absolute atomic E-state index is 0.115. The van der Waals surface area contributed by atoms with E-state index in [-0.39, 0.29) is 12.4 Å². The Kier molecular flexibility index (Phi) is 5.34. The summed E-state index contributed by atoms with van der Waals surface area (Å²) in [5.41, 5.74) is 1.24. The normalized spacial score (nSPS) is 18.1. The van der Waals surface area contributed by atoms with E-state index in [1.165, 1.54) is 14.0 Å². The van der Waals surface area contributed by atoms with Crippen LogP contribution >= 0.6 is 0 Å². The molecule has 23 heavy (non-hydrogen) atoms. The van der Waals surface area contributed by atoms with Crippen molar-refractivity contribution in [3.63, 3.8) is 0 Å². The van der Waals surface area contributed by atoms with E-state index >= 15 is 0 Å². The molecule has 0 fully saturated rings. The highest BCUT2D eigenvalue weighted by atomic mass is 19.3. The number of benzene rings is 1. The molecule has 6 heteroatoms. The molecular weight excluding hydrogens is 306 g/mol. The van der Waals surface area contributed by atoms with Crippen molar-refractivity contribution < 1.29 is 27.8 Å². The molecule has 0 saturated heterocycles. The Morgan fingerprint density at radius 2 is 2.13 bits per heavy atom. The summed E-state index contributed by atoms with van der Waals surface area (Å²) < 4.78 is 37.4. The molecule has 0 bridgehead atoms. The molecule has 1 unspecified atom stereocenters. The molecule has 0 spiro atoms. The molecule has 0 radical (unpaired) electrons.